The van der Waals surface area contributed by atoms with Crippen molar-refractivity contribution in [3.63, 3.8) is 0 Å². The van der Waals surface area contributed by atoms with Gasteiger partial charge in [-0.05, 0) is 30.3 Å². The topological polar surface area (TPSA) is 45.4 Å². The number of hydrogen-bond acceptors (Lipinski definition) is 3. The molecule has 2 aromatic carbocycles. The van der Waals surface area contributed by atoms with Gasteiger partial charge in [-0.3, -0.25) is 0 Å². The van der Waals surface area contributed by atoms with Crippen LogP contribution in [-0.4, -0.2) is 12.8 Å². The molecule has 0 saturated carbocycles. The summed E-state index contributed by atoms with van der Waals surface area (Å²) in [6.07, 6.45) is 0. The summed E-state index contributed by atoms with van der Waals surface area (Å²) < 4.78 is 5.07. The fourth-order valence-electron chi connectivity index (χ4n) is 1.58. The van der Waals surface area contributed by atoms with Gasteiger partial charge < -0.3 is 4.74 Å². The predicted molar refractivity (Wildman–Crippen MR) is 76.3 cm³/mol. The number of rotatable bonds is 3. The van der Waals surface area contributed by atoms with E-state index in [0.29, 0.717) is 16.3 Å². The van der Waals surface area contributed by atoms with Gasteiger partial charge in [-0.2, -0.15) is 5.26 Å². The van der Waals surface area contributed by atoms with Gasteiger partial charge >= 0.3 is 0 Å². The Labute approximate surface area is 116 Å². The number of nitrogens with zero attached hydrogens (tertiary/aromatic N) is 2. The molecule has 0 amide bonds. The smallest absolute Gasteiger partial charge is 0.149 e. The van der Waals surface area contributed by atoms with Gasteiger partial charge in [-0.25, -0.2) is 4.99 Å². The van der Waals surface area contributed by atoms with Crippen molar-refractivity contribution in [3.8, 4) is 11.8 Å². The van der Waals surface area contributed by atoms with Crippen LogP contribution in [0.3, 0.4) is 0 Å². The van der Waals surface area contributed by atoms with Crippen LogP contribution in [-0.2, 0) is 0 Å². The van der Waals surface area contributed by atoms with E-state index >= 15 is 0 Å². The van der Waals surface area contributed by atoms with E-state index in [1.165, 1.54) is 0 Å². The summed E-state index contributed by atoms with van der Waals surface area (Å²) in [4.78, 5) is 4.30. The Hall–Kier alpha value is -2.31. The predicted octanol–water partition coefficient (Wildman–Crippen LogP) is 3.99. The number of methoxy groups -OCH3 is 1. The van der Waals surface area contributed by atoms with E-state index in [-0.39, 0.29) is 5.71 Å². The first-order valence-corrected chi connectivity index (χ1v) is 6.00. The summed E-state index contributed by atoms with van der Waals surface area (Å²) in [5, 5.41) is 9.71. The van der Waals surface area contributed by atoms with Crippen LogP contribution in [0.2, 0.25) is 5.02 Å². The zero-order valence-corrected chi connectivity index (χ0v) is 11.1. The van der Waals surface area contributed by atoms with Crippen molar-refractivity contribution in [2.45, 2.75) is 0 Å². The second kappa shape index (κ2) is 6.03. The minimum absolute atomic E-state index is 0.288. The number of ether oxygens (including phenoxy) is 1. The largest absolute Gasteiger partial charge is 0.497 e. The van der Waals surface area contributed by atoms with E-state index < -0.39 is 0 Å². The summed E-state index contributed by atoms with van der Waals surface area (Å²) >= 11 is 6.06. The van der Waals surface area contributed by atoms with E-state index in [1.54, 1.807) is 43.5 Å². The normalized spacial score (nSPS) is 10.9. The lowest BCUT2D eigenvalue weighted by Gasteiger charge is -2.02. The third kappa shape index (κ3) is 3.12. The van der Waals surface area contributed by atoms with Gasteiger partial charge in [0, 0.05) is 5.56 Å². The van der Waals surface area contributed by atoms with Crippen molar-refractivity contribution < 1.29 is 4.74 Å². The number of benzene rings is 2. The zero-order valence-electron chi connectivity index (χ0n) is 10.3. The Morgan fingerprint density at radius 1 is 1.16 bits per heavy atom. The van der Waals surface area contributed by atoms with Gasteiger partial charge in [0.05, 0.1) is 17.8 Å². The maximum atomic E-state index is 9.20. The molecule has 0 aliphatic heterocycles. The molecule has 0 radical (unpaired) electrons. The molecule has 3 nitrogen and oxygen atoms in total. The number of aliphatic imine (C=N–C) groups is 1. The highest BCUT2D eigenvalue weighted by atomic mass is 35.5. The number of hydrogen-bond donors (Lipinski definition) is 0. The van der Waals surface area contributed by atoms with Crippen molar-refractivity contribution in [2.24, 2.45) is 4.99 Å². The van der Waals surface area contributed by atoms with Crippen LogP contribution in [0.5, 0.6) is 5.75 Å². The van der Waals surface area contributed by atoms with E-state index in [2.05, 4.69) is 11.1 Å². The first kappa shape index (κ1) is 13.1. The minimum Gasteiger partial charge on any atom is -0.497 e. The molecule has 2 aromatic rings. The summed E-state index contributed by atoms with van der Waals surface area (Å²) in [6, 6.07) is 16.4. The lowest BCUT2D eigenvalue weighted by molar-refractivity contribution is 0.415. The molecule has 0 unspecified atom stereocenters. The Morgan fingerprint density at radius 2 is 1.84 bits per heavy atom. The Balaban J connectivity index is 2.39. The molecule has 0 N–H and O–H groups in total. The van der Waals surface area contributed by atoms with Gasteiger partial charge in [0.25, 0.3) is 0 Å². The lowest BCUT2D eigenvalue weighted by atomic mass is 10.1. The molecular weight excluding hydrogens is 260 g/mol. The van der Waals surface area contributed by atoms with Crippen LogP contribution in [0.25, 0.3) is 0 Å². The molecule has 0 aliphatic carbocycles. The molecule has 0 fully saturated rings. The second-order valence-electron chi connectivity index (χ2n) is 3.75. The third-order valence-corrected chi connectivity index (χ3v) is 2.88. The van der Waals surface area contributed by atoms with Crippen molar-refractivity contribution in [1.29, 1.82) is 5.26 Å². The molecule has 0 aromatic heterocycles. The molecule has 94 valence electrons. The molecule has 0 bridgehead atoms. The molecular formula is C15H11ClN2O. The van der Waals surface area contributed by atoms with Crippen LogP contribution in [0.4, 0.5) is 5.69 Å². The lowest BCUT2D eigenvalue weighted by Crippen LogP contribution is -1.97. The fourth-order valence-corrected chi connectivity index (χ4v) is 1.81. The first-order valence-electron chi connectivity index (χ1n) is 5.62. The van der Waals surface area contributed by atoms with Gasteiger partial charge in [0.15, 0.2) is 0 Å². The highest BCUT2D eigenvalue weighted by Gasteiger charge is 2.07. The molecule has 0 atom stereocenters. The summed E-state index contributed by atoms with van der Waals surface area (Å²) in [5.74, 6) is 0.746. The second-order valence-corrected chi connectivity index (χ2v) is 4.16. The molecule has 0 aliphatic rings. The Morgan fingerprint density at radius 3 is 2.42 bits per heavy atom. The molecule has 2 rings (SSSR count). The van der Waals surface area contributed by atoms with Crippen molar-refractivity contribution in [2.75, 3.05) is 7.11 Å². The van der Waals surface area contributed by atoms with E-state index in [9.17, 15) is 5.26 Å². The highest BCUT2D eigenvalue weighted by molar-refractivity contribution is 6.35. The summed E-state index contributed by atoms with van der Waals surface area (Å²) in [5.41, 5.74) is 1.59. The standard InChI is InChI=1S/C15H11ClN2O/c1-19-12-8-6-11(7-9-12)18-15(10-17)13-4-2-3-5-14(13)16/h2-9H,1H3. The molecule has 0 spiro atoms. The van der Waals surface area contributed by atoms with Crippen molar-refractivity contribution in [3.05, 3.63) is 59.1 Å². The monoisotopic (exact) mass is 270 g/mol. The van der Waals surface area contributed by atoms with E-state index in [1.807, 2.05) is 12.1 Å². The van der Waals surface area contributed by atoms with Crippen LogP contribution in [0.1, 0.15) is 5.56 Å². The Bertz CT molecular complexity index is 642. The number of nitriles is 1. The van der Waals surface area contributed by atoms with Gasteiger partial charge in [-0.1, -0.05) is 29.8 Å². The van der Waals surface area contributed by atoms with Crippen LogP contribution in [0, 0.1) is 11.3 Å². The average molecular weight is 271 g/mol. The van der Waals surface area contributed by atoms with Crippen LogP contribution < -0.4 is 4.74 Å². The van der Waals surface area contributed by atoms with Gasteiger partial charge in [-0.15, -0.1) is 0 Å². The molecule has 4 heteroatoms. The van der Waals surface area contributed by atoms with Gasteiger partial charge in [0.1, 0.15) is 17.5 Å². The SMILES string of the molecule is COc1ccc(N=C(C#N)c2ccccc2Cl)cc1. The zero-order chi connectivity index (χ0) is 13.7. The maximum Gasteiger partial charge on any atom is 0.149 e. The molecule has 19 heavy (non-hydrogen) atoms. The van der Waals surface area contributed by atoms with Crippen LogP contribution >= 0.6 is 11.6 Å². The molecule has 0 saturated heterocycles. The molecule has 0 heterocycles. The quantitative estimate of drug-likeness (QED) is 0.792. The van der Waals surface area contributed by atoms with Crippen molar-refractivity contribution in [1.82, 2.24) is 0 Å². The average Bonchev–Trinajstić information content (AvgIpc) is 2.46. The maximum absolute atomic E-state index is 9.20. The van der Waals surface area contributed by atoms with Crippen LogP contribution in [0.15, 0.2) is 53.5 Å². The van der Waals surface area contributed by atoms with Gasteiger partial charge in [0.2, 0.25) is 0 Å². The Kier molecular flexibility index (Phi) is 4.17. The highest BCUT2D eigenvalue weighted by Crippen LogP contribution is 2.21. The van der Waals surface area contributed by atoms with E-state index in [4.69, 9.17) is 16.3 Å². The summed E-state index contributed by atoms with van der Waals surface area (Å²) in [7, 11) is 1.60. The number of halogens is 1. The third-order valence-electron chi connectivity index (χ3n) is 2.55. The minimum atomic E-state index is 0.288. The first-order chi connectivity index (χ1) is 9.24. The summed E-state index contributed by atoms with van der Waals surface area (Å²) in [6.45, 7) is 0. The fraction of sp³-hybridized carbons (Fsp3) is 0.0667. The van der Waals surface area contributed by atoms with Crippen molar-refractivity contribution >= 4 is 23.0 Å². The van der Waals surface area contributed by atoms with E-state index in [0.717, 1.165) is 5.75 Å².